The Bertz CT molecular complexity index is 362. The second kappa shape index (κ2) is 8.27. The molecule has 18 heavy (non-hydrogen) atoms. The fraction of sp³-hybridized carbons (Fsp3) is 0.643. The van der Waals surface area contributed by atoms with Crippen LogP contribution in [0.1, 0.15) is 61.2 Å². The van der Waals surface area contributed by atoms with Crippen molar-refractivity contribution in [2.45, 2.75) is 58.5 Å². The molecule has 0 radical (unpaired) electrons. The van der Waals surface area contributed by atoms with E-state index in [1.54, 1.807) is 0 Å². The minimum atomic E-state index is -0.822. The Labute approximate surface area is 113 Å². The van der Waals surface area contributed by atoms with Crippen LogP contribution < -0.4 is 5.32 Å². The van der Waals surface area contributed by atoms with Crippen LogP contribution in [0.3, 0.4) is 0 Å². The van der Waals surface area contributed by atoms with Gasteiger partial charge in [0.1, 0.15) is 4.88 Å². The first-order valence-electron chi connectivity index (χ1n) is 6.68. The van der Waals surface area contributed by atoms with Crippen molar-refractivity contribution in [1.29, 1.82) is 0 Å². The topological polar surface area (TPSA) is 49.3 Å². The first-order chi connectivity index (χ1) is 8.65. The molecular weight excluding hydrogens is 246 g/mol. The molecule has 1 aromatic heterocycles. The van der Waals surface area contributed by atoms with Gasteiger partial charge in [-0.05, 0) is 30.4 Å². The molecule has 0 aliphatic carbocycles. The van der Waals surface area contributed by atoms with Gasteiger partial charge in [0.15, 0.2) is 0 Å². The Hall–Kier alpha value is -0.870. The molecule has 0 aliphatic rings. The van der Waals surface area contributed by atoms with Gasteiger partial charge < -0.3 is 10.4 Å². The zero-order chi connectivity index (χ0) is 13.4. The summed E-state index contributed by atoms with van der Waals surface area (Å²) in [6.45, 7) is 5.03. The third kappa shape index (κ3) is 5.19. The number of hydrogen-bond donors (Lipinski definition) is 2. The third-order valence-electron chi connectivity index (χ3n) is 3.07. The molecule has 3 nitrogen and oxygen atoms in total. The molecule has 1 rings (SSSR count). The van der Waals surface area contributed by atoms with E-state index in [2.05, 4.69) is 19.2 Å². The maximum absolute atomic E-state index is 11.0. The number of aromatic carboxylic acids is 1. The van der Waals surface area contributed by atoms with Crippen LogP contribution in [0.15, 0.2) is 11.4 Å². The Morgan fingerprint density at radius 3 is 2.89 bits per heavy atom. The van der Waals surface area contributed by atoms with E-state index in [1.165, 1.54) is 37.0 Å². The minimum absolute atomic E-state index is 0.448. The van der Waals surface area contributed by atoms with Gasteiger partial charge in [-0.15, -0.1) is 11.3 Å². The van der Waals surface area contributed by atoms with E-state index in [0.29, 0.717) is 17.5 Å². The normalized spacial score (nSPS) is 12.6. The van der Waals surface area contributed by atoms with Crippen LogP contribution in [0.25, 0.3) is 0 Å². The zero-order valence-electron chi connectivity index (χ0n) is 11.2. The predicted molar refractivity (Wildman–Crippen MR) is 76.3 cm³/mol. The molecule has 1 unspecified atom stereocenters. The van der Waals surface area contributed by atoms with Crippen molar-refractivity contribution in [3.63, 3.8) is 0 Å². The molecule has 0 saturated carbocycles. The van der Waals surface area contributed by atoms with Crippen molar-refractivity contribution in [2.75, 3.05) is 0 Å². The third-order valence-corrected chi connectivity index (χ3v) is 4.02. The molecule has 0 aromatic carbocycles. The number of hydrogen-bond acceptors (Lipinski definition) is 3. The van der Waals surface area contributed by atoms with Gasteiger partial charge in [0.2, 0.25) is 0 Å². The Kier molecular flexibility index (Phi) is 6.98. The molecule has 1 atom stereocenters. The molecule has 0 amide bonds. The molecule has 0 saturated heterocycles. The number of thiophene rings is 1. The average molecular weight is 269 g/mol. The maximum Gasteiger partial charge on any atom is 0.346 e. The summed E-state index contributed by atoms with van der Waals surface area (Å²) in [5.74, 6) is -0.822. The van der Waals surface area contributed by atoms with Crippen molar-refractivity contribution in [2.24, 2.45) is 0 Å². The van der Waals surface area contributed by atoms with Crippen LogP contribution in [0, 0.1) is 0 Å². The monoisotopic (exact) mass is 269 g/mol. The van der Waals surface area contributed by atoms with Gasteiger partial charge in [-0.25, -0.2) is 4.79 Å². The van der Waals surface area contributed by atoms with Gasteiger partial charge in [-0.3, -0.25) is 0 Å². The molecule has 0 spiro atoms. The first kappa shape index (κ1) is 15.2. The molecular formula is C14H23NO2S. The highest BCUT2D eigenvalue weighted by Gasteiger charge is 2.11. The summed E-state index contributed by atoms with van der Waals surface area (Å²) in [7, 11) is 0. The lowest BCUT2D eigenvalue weighted by Crippen LogP contribution is -2.25. The lowest BCUT2D eigenvalue weighted by molar-refractivity contribution is 0.0701. The van der Waals surface area contributed by atoms with Crippen LogP contribution in [0.4, 0.5) is 0 Å². The summed E-state index contributed by atoms with van der Waals surface area (Å²) in [6, 6.07) is 2.34. The molecule has 2 N–H and O–H groups in total. The van der Waals surface area contributed by atoms with Gasteiger partial charge in [0, 0.05) is 12.6 Å². The van der Waals surface area contributed by atoms with Crippen LogP contribution >= 0.6 is 11.3 Å². The van der Waals surface area contributed by atoms with Crippen molar-refractivity contribution in [3.05, 3.63) is 21.9 Å². The number of carbonyl (C=O) groups is 1. The maximum atomic E-state index is 11.0. The summed E-state index contributed by atoms with van der Waals surface area (Å²) >= 11 is 1.29. The molecule has 102 valence electrons. The van der Waals surface area contributed by atoms with Crippen LogP contribution in [0.5, 0.6) is 0 Å². The smallest absolute Gasteiger partial charge is 0.346 e. The van der Waals surface area contributed by atoms with Gasteiger partial charge in [-0.2, -0.15) is 0 Å². The number of rotatable bonds is 9. The van der Waals surface area contributed by atoms with Crippen LogP contribution in [-0.2, 0) is 6.54 Å². The summed E-state index contributed by atoms with van der Waals surface area (Å²) < 4.78 is 0. The van der Waals surface area contributed by atoms with Crippen molar-refractivity contribution in [1.82, 2.24) is 5.32 Å². The molecule has 4 heteroatoms. The predicted octanol–water partition coefficient (Wildman–Crippen LogP) is 3.89. The van der Waals surface area contributed by atoms with E-state index >= 15 is 0 Å². The summed E-state index contributed by atoms with van der Waals surface area (Å²) in [6.07, 6.45) is 6.27. The van der Waals surface area contributed by atoms with Gasteiger partial charge in [0.25, 0.3) is 0 Å². The highest BCUT2D eigenvalue weighted by molar-refractivity contribution is 7.12. The first-order valence-corrected chi connectivity index (χ1v) is 7.56. The minimum Gasteiger partial charge on any atom is -0.477 e. The van der Waals surface area contributed by atoms with Crippen molar-refractivity contribution in [3.8, 4) is 0 Å². The molecule has 0 bridgehead atoms. The summed E-state index contributed by atoms with van der Waals surface area (Å²) in [5, 5.41) is 14.2. The lowest BCUT2D eigenvalue weighted by atomic mass is 10.1. The Morgan fingerprint density at radius 1 is 1.44 bits per heavy atom. The molecule has 0 aliphatic heterocycles. The Morgan fingerprint density at radius 2 is 2.22 bits per heavy atom. The second-order valence-corrected chi connectivity index (χ2v) is 5.63. The molecule has 1 heterocycles. The van der Waals surface area contributed by atoms with E-state index in [4.69, 9.17) is 5.11 Å². The summed E-state index contributed by atoms with van der Waals surface area (Å²) in [4.78, 5) is 11.4. The largest absolute Gasteiger partial charge is 0.477 e. The van der Waals surface area contributed by atoms with Crippen LogP contribution in [0.2, 0.25) is 0 Å². The van der Waals surface area contributed by atoms with Gasteiger partial charge >= 0.3 is 5.97 Å². The fourth-order valence-corrected chi connectivity index (χ4v) is 2.69. The van der Waals surface area contributed by atoms with E-state index in [9.17, 15) is 4.79 Å². The quantitative estimate of drug-likeness (QED) is 0.669. The number of carboxylic acids is 1. The molecule has 0 fully saturated rings. The fourth-order valence-electron chi connectivity index (χ4n) is 1.93. The Balaban J connectivity index is 2.27. The second-order valence-electron chi connectivity index (χ2n) is 4.71. The van der Waals surface area contributed by atoms with Crippen molar-refractivity contribution < 1.29 is 9.90 Å². The molecule has 1 aromatic rings. The van der Waals surface area contributed by atoms with Crippen molar-refractivity contribution >= 4 is 17.3 Å². The lowest BCUT2D eigenvalue weighted by Gasteiger charge is -2.13. The standard InChI is InChI=1S/C14H23NO2S/c1-3-4-5-6-7-11(2)15-10-12-8-9-18-13(12)14(16)17/h8-9,11,15H,3-7,10H2,1-2H3,(H,16,17). The zero-order valence-corrected chi connectivity index (χ0v) is 12.1. The number of nitrogens with one attached hydrogen (secondary N) is 1. The van der Waals surface area contributed by atoms with E-state index in [1.807, 2.05) is 11.4 Å². The highest BCUT2D eigenvalue weighted by atomic mass is 32.1. The van der Waals surface area contributed by atoms with Gasteiger partial charge in [-0.1, -0.05) is 32.6 Å². The van der Waals surface area contributed by atoms with Crippen LogP contribution in [-0.4, -0.2) is 17.1 Å². The summed E-state index contributed by atoms with van der Waals surface area (Å²) in [5.41, 5.74) is 0.896. The number of carboxylic acid groups (broad SMARTS) is 1. The van der Waals surface area contributed by atoms with E-state index in [-0.39, 0.29) is 0 Å². The van der Waals surface area contributed by atoms with Gasteiger partial charge in [0.05, 0.1) is 0 Å². The average Bonchev–Trinajstić information content (AvgIpc) is 2.80. The number of unbranched alkanes of at least 4 members (excludes halogenated alkanes) is 3. The highest BCUT2D eigenvalue weighted by Crippen LogP contribution is 2.17. The SMILES string of the molecule is CCCCCCC(C)NCc1ccsc1C(=O)O. The van der Waals surface area contributed by atoms with E-state index < -0.39 is 5.97 Å². The van der Waals surface area contributed by atoms with E-state index in [0.717, 1.165) is 12.0 Å².